The number of nitrogens with zero attached hydrogens (tertiary/aromatic N) is 7. The first-order valence-electron chi connectivity index (χ1n) is 27.2. The molecule has 4 aromatic heterocycles. The molecule has 1 saturated heterocycles. The number of aryl methyl sites for hydroxylation is 4. The Kier molecular flexibility index (Phi) is 22.6. The molecule has 4 aromatic carbocycles. The molecule has 19 heteroatoms. The van der Waals surface area contributed by atoms with E-state index in [4.69, 9.17) is 39.9 Å². The summed E-state index contributed by atoms with van der Waals surface area (Å²) in [5.41, 5.74) is 14.1. The zero-order valence-electron chi connectivity index (χ0n) is 48.8. The molecule has 1 aliphatic rings. The van der Waals surface area contributed by atoms with Gasteiger partial charge in [0.1, 0.15) is 17.1 Å². The van der Waals surface area contributed by atoms with Gasteiger partial charge < -0.3 is 58.5 Å². The van der Waals surface area contributed by atoms with E-state index in [0.29, 0.717) is 24.3 Å². The SMILES string of the molecule is COc1cccc([C@H](O)C2CCN(CCc3ccc(F)cc3)CC2)c1OC.Cc1ccc(-c2nc3ccc(C)cn3c2CC(=O)N(C)C)cc1.Cc1ccc(-c2nc3ccc(C)cn3c2CC(=O)N(C)C)cc1.O=C(O)[C@H](O)[C@@H](O)C(=O)O. The Hall–Kier alpha value is -8.49. The van der Waals surface area contributed by atoms with Crippen LogP contribution in [0.4, 0.5) is 4.39 Å². The summed E-state index contributed by atoms with van der Waals surface area (Å²) in [5, 5.41) is 43.4. The van der Waals surface area contributed by atoms with Gasteiger partial charge in [-0.1, -0.05) is 96.1 Å². The smallest absolute Gasteiger partial charge is 0.335 e. The van der Waals surface area contributed by atoms with Gasteiger partial charge in [-0.15, -0.1) is 0 Å². The number of piperidine rings is 1. The lowest BCUT2D eigenvalue weighted by atomic mass is 9.87. The number of aliphatic carboxylic acids is 2. The second kappa shape index (κ2) is 29.5. The number of fused-ring (bicyclic) bond motifs is 2. The summed E-state index contributed by atoms with van der Waals surface area (Å²) in [5.74, 6) is -2.13. The molecule has 0 unspecified atom stereocenters. The molecule has 5 heterocycles. The summed E-state index contributed by atoms with van der Waals surface area (Å²) in [6, 6.07) is 37.0. The number of carbonyl (C=O) groups is 4. The normalized spacial score (nSPS) is 13.5. The molecular formula is C64H76FN7O11. The molecule has 8 aromatic rings. The number of halogens is 1. The standard InChI is InChI=1S/C22H28FNO3.2C19H21N3O.C4H6O6/c1-26-20-5-3-4-19(22(20)27-2)21(25)17-11-14-24(15-12-17)13-10-16-6-8-18(23)9-7-16;2*1-13-5-8-15(9-6-13)19-16(11-18(23)21(3)4)22-12-14(2)7-10-17(22)20-19;5-1(3(7)8)2(6)4(9)10/h3-9,17,21,25H,10-15H2,1-2H3;2*5-10,12H,11H2,1-4H3;1-2,5-6H,(H,7,8)(H,9,10)/t21-;;;1-,2-/m1..1/s1. The number of rotatable bonds is 16. The first-order chi connectivity index (χ1) is 39.5. The first-order valence-corrected chi connectivity index (χ1v) is 27.2. The fourth-order valence-electron chi connectivity index (χ4n) is 9.32. The minimum absolute atomic E-state index is 0.0710. The van der Waals surface area contributed by atoms with E-state index in [0.717, 1.165) is 106 Å². The van der Waals surface area contributed by atoms with Crippen LogP contribution in [0.25, 0.3) is 33.8 Å². The van der Waals surface area contributed by atoms with Crippen molar-refractivity contribution in [1.29, 1.82) is 0 Å². The Morgan fingerprint density at radius 1 is 0.602 bits per heavy atom. The number of para-hydroxylation sites is 1. The molecule has 18 nitrogen and oxygen atoms in total. The maximum Gasteiger partial charge on any atom is 0.335 e. The summed E-state index contributed by atoms with van der Waals surface area (Å²) < 4.78 is 27.9. The number of likely N-dealkylation sites (tertiary alicyclic amines) is 1. The van der Waals surface area contributed by atoms with E-state index in [9.17, 15) is 28.7 Å². The molecule has 0 bridgehead atoms. The van der Waals surface area contributed by atoms with Crippen molar-refractivity contribution in [3.63, 3.8) is 0 Å². The van der Waals surface area contributed by atoms with Crippen LogP contribution >= 0.6 is 0 Å². The van der Waals surface area contributed by atoms with Gasteiger partial charge in [-0.3, -0.25) is 9.59 Å². The molecule has 0 spiro atoms. The Morgan fingerprint density at radius 3 is 1.43 bits per heavy atom. The number of imidazole rings is 2. The number of pyridine rings is 2. The number of methoxy groups -OCH3 is 2. The largest absolute Gasteiger partial charge is 0.493 e. The van der Waals surface area contributed by atoms with E-state index in [-0.39, 0.29) is 23.5 Å². The Bertz CT molecular complexity index is 3300. The van der Waals surface area contributed by atoms with Gasteiger partial charge in [-0.25, -0.2) is 23.9 Å². The van der Waals surface area contributed by atoms with Crippen LogP contribution in [-0.2, 0) is 38.4 Å². The van der Waals surface area contributed by atoms with Crippen molar-refractivity contribution in [1.82, 2.24) is 33.5 Å². The molecule has 83 heavy (non-hydrogen) atoms. The highest BCUT2D eigenvalue weighted by molar-refractivity contribution is 5.83. The number of hydrogen-bond donors (Lipinski definition) is 5. The van der Waals surface area contributed by atoms with E-state index in [1.54, 1.807) is 52.2 Å². The Labute approximate surface area is 483 Å². The molecule has 5 N–H and O–H groups in total. The van der Waals surface area contributed by atoms with Gasteiger partial charge >= 0.3 is 11.9 Å². The summed E-state index contributed by atoms with van der Waals surface area (Å²) in [6.07, 6.45) is 2.44. The molecule has 9 rings (SSSR count). The predicted octanol–water partition coefficient (Wildman–Crippen LogP) is 8.21. The van der Waals surface area contributed by atoms with Crippen LogP contribution in [0.5, 0.6) is 11.5 Å². The van der Waals surface area contributed by atoms with Crippen molar-refractivity contribution in [2.24, 2.45) is 5.92 Å². The number of hydrogen-bond acceptors (Lipinski definition) is 12. The van der Waals surface area contributed by atoms with Crippen molar-refractivity contribution >= 4 is 35.0 Å². The highest BCUT2D eigenvalue weighted by atomic mass is 19.1. The van der Waals surface area contributed by atoms with Gasteiger partial charge in [0.05, 0.1) is 55.9 Å². The quantitative estimate of drug-likeness (QED) is 0.0614. The Morgan fingerprint density at radius 2 is 1.04 bits per heavy atom. The zero-order valence-corrected chi connectivity index (χ0v) is 48.8. The Balaban J connectivity index is 0.000000185. The van der Waals surface area contributed by atoms with Crippen LogP contribution in [-0.4, -0.2) is 157 Å². The maximum absolute atomic E-state index is 13.0. The third-order valence-corrected chi connectivity index (χ3v) is 14.3. The summed E-state index contributed by atoms with van der Waals surface area (Å²) in [7, 11) is 10.3. The number of aliphatic hydroxyl groups is 3. The number of likely N-dealkylation sites (N-methyl/N-ethyl adjacent to an activating group) is 2. The summed E-state index contributed by atoms with van der Waals surface area (Å²) >= 11 is 0. The summed E-state index contributed by atoms with van der Waals surface area (Å²) in [6.45, 7) is 11.1. The monoisotopic (exact) mass is 1140 g/mol. The van der Waals surface area contributed by atoms with Crippen LogP contribution in [0.3, 0.4) is 0 Å². The minimum atomic E-state index is -2.27. The number of amides is 2. The van der Waals surface area contributed by atoms with E-state index in [2.05, 4.69) is 67.3 Å². The van der Waals surface area contributed by atoms with E-state index in [1.807, 2.05) is 89.6 Å². The average molecular weight is 1140 g/mol. The molecule has 3 atom stereocenters. The van der Waals surface area contributed by atoms with Gasteiger partial charge in [-0.05, 0) is 113 Å². The lowest BCUT2D eigenvalue weighted by Crippen LogP contribution is -2.39. The minimum Gasteiger partial charge on any atom is -0.493 e. The van der Waals surface area contributed by atoms with Crippen molar-refractivity contribution in [3.8, 4) is 34.0 Å². The lowest BCUT2D eigenvalue weighted by molar-refractivity contribution is -0.165. The van der Waals surface area contributed by atoms with Crippen molar-refractivity contribution in [2.75, 3.05) is 62.0 Å². The molecule has 1 fully saturated rings. The third-order valence-electron chi connectivity index (χ3n) is 14.3. The van der Waals surface area contributed by atoms with Crippen LogP contribution in [0.15, 0.2) is 128 Å². The molecule has 1 aliphatic heterocycles. The average Bonchev–Trinajstić information content (AvgIpc) is 4.23. The lowest BCUT2D eigenvalue weighted by Gasteiger charge is -2.34. The number of aromatic nitrogens is 4. The zero-order chi connectivity index (χ0) is 60.7. The van der Waals surface area contributed by atoms with Gasteiger partial charge in [0.2, 0.25) is 11.8 Å². The molecule has 440 valence electrons. The van der Waals surface area contributed by atoms with Gasteiger partial charge in [0, 0.05) is 63.8 Å². The third kappa shape index (κ3) is 17.0. The second-order valence-corrected chi connectivity index (χ2v) is 21.0. The molecule has 0 radical (unpaired) electrons. The van der Waals surface area contributed by atoms with Gasteiger partial charge in [0.25, 0.3) is 0 Å². The number of carbonyl (C=O) groups excluding carboxylic acids is 2. The molecule has 2 amide bonds. The molecular weight excluding hydrogens is 1060 g/mol. The fourth-order valence-corrected chi connectivity index (χ4v) is 9.32. The van der Waals surface area contributed by atoms with Crippen molar-refractivity contribution < 1.29 is 58.6 Å². The van der Waals surface area contributed by atoms with E-state index >= 15 is 0 Å². The van der Waals surface area contributed by atoms with Crippen molar-refractivity contribution in [3.05, 3.63) is 178 Å². The predicted molar refractivity (Wildman–Crippen MR) is 316 cm³/mol. The number of aliphatic hydroxyl groups excluding tert-OH is 3. The van der Waals surface area contributed by atoms with Crippen LogP contribution in [0.1, 0.15) is 63.7 Å². The number of carboxylic acid groups (broad SMARTS) is 2. The maximum atomic E-state index is 13.0. The topological polar surface area (TPSA) is 232 Å². The van der Waals surface area contributed by atoms with Crippen LogP contribution in [0, 0.1) is 39.4 Å². The number of carboxylic acids is 2. The fraction of sp³-hybridized carbons (Fsp3) is 0.344. The first kappa shape index (κ1) is 63.7. The van der Waals surface area contributed by atoms with Gasteiger partial charge in [0.15, 0.2) is 23.7 Å². The summed E-state index contributed by atoms with van der Waals surface area (Å²) in [4.78, 5) is 59.2. The van der Waals surface area contributed by atoms with Crippen LogP contribution < -0.4 is 9.47 Å². The van der Waals surface area contributed by atoms with Crippen molar-refractivity contribution in [2.45, 2.75) is 78.1 Å². The number of benzene rings is 4. The second-order valence-electron chi connectivity index (χ2n) is 21.0. The van der Waals surface area contributed by atoms with E-state index < -0.39 is 30.3 Å². The molecule has 0 aliphatic carbocycles. The van der Waals surface area contributed by atoms with Gasteiger partial charge in [-0.2, -0.15) is 0 Å². The highest BCUT2D eigenvalue weighted by Gasteiger charge is 2.30. The van der Waals surface area contributed by atoms with Crippen LogP contribution in [0.2, 0.25) is 0 Å². The highest BCUT2D eigenvalue weighted by Crippen LogP contribution is 2.40. The molecule has 0 saturated carbocycles. The number of ether oxygens (including phenoxy) is 2. The van der Waals surface area contributed by atoms with E-state index in [1.165, 1.54) is 23.3 Å².